The molecule has 0 bridgehead atoms. The summed E-state index contributed by atoms with van der Waals surface area (Å²) in [6, 6.07) is 18.1. The number of rotatable bonds is 3. The van der Waals surface area contributed by atoms with Crippen LogP contribution in [0, 0.1) is 0 Å². The summed E-state index contributed by atoms with van der Waals surface area (Å²) in [7, 11) is 0. The lowest BCUT2D eigenvalue weighted by atomic mass is 9.90. The highest BCUT2D eigenvalue weighted by Crippen LogP contribution is 2.30. The quantitative estimate of drug-likeness (QED) is 0.866. The summed E-state index contributed by atoms with van der Waals surface area (Å²) in [6.45, 7) is 2.10. The van der Waals surface area contributed by atoms with Crippen LogP contribution >= 0.6 is 0 Å². The number of anilines is 1. The lowest BCUT2D eigenvalue weighted by Gasteiger charge is -2.21. The Labute approximate surface area is 119 Å². The molecule has 0 saturated carbocycles. The third kappa shape index (κ3) is 2.67. The van der Waals surface area contributed by atoms with Crippen LogP contribution in [0.5, 0.6) is 0 Å². The Morgan fingerprint density at radius 1 is 1.10 bits per heavy atom. The van der Waals surface area contributed by atoms with Gasteiger partial charge in [-0.1, -0.05) is 47.6 Å². The first kappa shape index (κ1) is 12.7. The summed E-state index contributed by atoms with van der Waals surface area (Å²) < 4.78 is 0. The van der Waals surface area contributed by atoms with E-state index in [2.05, 4.69) is 36.3 Å². The first-order valence-electron chi connectivity index (χ1n) is 6.80. The Morgan fingerprint density at radius 3 is 2.50 bits per heavy atom. The van der Waals surface area contributed by atoms with E-state index in [1.54, 1.807) is 0 Å². The van der Waals surface area contributed by atoms with Crippen LogP contribution in [0.3, 0.4) is 0 Å². The Hall–Kier alpha value is -2.29. The zero-order chi connectivity index (χ0) is 14.0. The molecule has 0 spiro atoms. The number of benzene rings is 2. The van der Waals surface area contributed by atoms with Crippen molar-refractivity contribution in [3.63, 3.8) is 0 Å². The molecule has 1 heterocycles. The molecule has 1 atom stereocenters. The predicted octanol–water partition coefficient (Wildman–Crippen LogP) is 3.39. The van der Waals surface area contributed by atoms with E-state index < -0.39 is 0 Å². The molecule has 0 saturated heterocycles. The van der Waals surface area contributed by atoms with Gasteiger partial charge in [-0.25, -0.2) is 0 Å². The van der Waals surface area contributed by atoms with Gasteiger partial charge in [0.05, 0.1) is 5.71 Å². The topological polar surface area (TPSA) is 47.6 Å². The average Bonchev–Trinajstić information content (AvgIpc) is 2.83. The number of nitrogen functional groups attached to an aromatic ring is 1. The SMILES string of the molecule is CC1(Cc2ccccc2)CC(c2ccc(N)cc2)=NO1. The van der Waals surface area contributed by atoms with E-state index in [0.717, 1.165) is 29.8 Å². The van der Waals surface area contributed by atoms with Gasteiger partial charge < -0.3 is 10.6 Å². The molecule has 20 heavy (non-hydrogen) atoms. The molecule has 3 heteroatoms. The Bertz CT molecular complexity index is 619. The molecule has 0 fully saturated rings. The molecule has 1 aliphatic rings. The second-order valence-corrected chi connectivity index (χ2v) is 5.54. The molecule has 0 aliphatic carbocycles. The summed E-state index contributed by atoms with van der Waals surface area (Å²) in [5.41, 5.74) is 9.54. The van der Waals surface area contributed by atoms with E-state index >= 15 is 0 Å². The molecule has 0 aromatic heterocycles. The Balaban J connectivity index is 1.73. The van der Waals surface area contributed by atoms with Crippen molar-refractivity contribution in [2.75, 3.05) is 5.73 Å². The maximum Gasteiger partial charge on any atom is 0.144 e. The fourth-order valence-corrected chi connectivity index (χ4v) is 2.54. The van der Waals surface area contributed by atoms with Gasteiger partial charge in [-0.05, 0) is 30.2 Å². The molecule has 3 rings (SSSR count). The molecular weight excluding hydrogens is 248 g/mol. The van der Waals surface area contributed by atoms with Crippen molar-refractivity contribution in [2.24, 2.45) is 5.16 Å². The Kier molecular flexibility index (Phi) is 3.18. The Morgan fingerprint density at radius 2 is 1.80 bits per heavy atom. The van der Waals surface area contributed by atoms with Crippen LogP contribution in [-0.2, 0) is 11.3 Å². The summed E-state index contributed by atoms with van der Waals surface area (Å²) in [5, 5.41) is 4.26. The van der Waals surface area contributed by atoms with E-state index in [1.165, 1.54) is 5.56 Å². The zero-order valence-corrected chi connectivity index (χ0v) is 11.5. The first-order valence-corrected chi connectivity index (χ1v) is 6.80. The van der Waals surface area contributed by atoms with Crippen LogP contribution in [0.4, 0.5) is 5.69 Å². The maximum atomic E-state index is 5.71. The van der Waals surface area contributed by atoms with Gasteiger partial charge in [-0.2, -0.15) is 0 Å². The van der Waals surface area contributed by atoms with Crippen LogP contribution in [0.2, 0.25) is 0 Å². The van der Waals surface area contributed by atoms with Crippen molar-refractivity contribution >= 4 is 11.4 Å². The lowest BCUT2D eigenvalue weighted by molar-refractivity contribution is -0.00282. The van der Waals surface area contributed by atoms with Crippen LogP contribution in [0.1, 0.15) is 24.5 Å². The molecular formula is C17H18N2O. The number of nitrogens with zero attached hydrogens (tertiary/aromatic N) is 1. The van der Waals surface area contributed by atoms with Crippen molar-refractivity contribution in [2.45, 2.75) is 25.4 Å². The molecule has 0 radical (unpaired) electrons. The third-order valence-corrected chi connectivity index (χ3v) is 3.58. The molecule has 0 amide bonds. The highest BCUT2D eigenvalue weighted by Gasteiger charge is 2.34. The van der Waals surface area contributed by atoms with Crippen molar-refractivity contribution in [3.8, 4) is 0 Å². The molecule has 3 nitrogen and oxygen atoms in total. The summed E-state index contributed by atoms with van der Waals surface area (Å²) in [6.07, 6.45) is 1.67. The average molecular weight is 266 g/mol. The van der Waals surface area contributed by atoms with Crippen LogP contribution in [0.15, 0.2) is 59.8 Å². The predicted molar refractivity (Wildman–Crippen MR) is 81.6 cm³/mol. The van der Waals surface area contributed by atoms with Gasteiger partial charge in [-0.15, -0.1) is 0 Å². The van der Waals surface area contributed by atoms with Crippen LogP contribution < -0.4 is 5.73 Å². The van der Waals surface area contributed by atoms with Crippen molar-refractivity contribution in [3.05, 3.63) is 65.7 Å². The van der Waals surface area contributed by atoms with Crippen molar-refractivity contribution in [1.82, 2.24) is 0 Å². The summed E-state index contributed by atoms with van der Waals surface area (Å²) >= 11 is 0. The minimum Gasteiger partial charge on any atom is -0.399 e. The molecule has 2 aromatic carbocycles. The fraction of sp³-hybridized carbons (Fsp3) is 0.235. The summed E-state index contributed by atoms with van der Waals surface area (Å²) in [4.78, 5) is 5.70. The minimum absolute atomic E-state index is 0.266. The largest absolute Gasteiger partial charge is 0.399 e. The van der Waals surface area contributed by atoms with Gasteiger partial charge in [0.25, 0.3) is 0 Å². The van der Waals surface area contributed by atoms with Crippen molar-refractivity contribution < 1.29 is 4.84 Å². The number of hydrogen-bond donors (Lipinski definition) is 1. The molecule has 102 valence electrons. The first-order chi connectivity index (χ1) is 9.65. The molecule has 1 unspecified atom stereocenters. The second kappa shape index (κ2) is 5.00. The van der Waals surface area contributed by atoms with Crippen molar-refractivity contribution in [1.29, 1.82) is 0 Å². The van der Waals surface area contributed by atoms with Crippen LogP contribution in [0.25, 0.3) is 0 Å². The van der Waals surface area contributed by atoms with E-state index in [0.29, 0.717) is 0 Å². The number of oxime groups is 1. The number of hydrogen-bond acceptors (Lipinski definition) is 3. The minimum atomic E-state index is -0.266. The van der Waals surface area contributed by atoms with E-state index in [9.17, 15) is 0 Å². The maximum absolute atomic E-state index is 5.71. The van der Waals surface area contributed by atoms with E-state index in [4.69, 9.17) is 10.6 Å². The van der Waals surface area contributed by atoms with Crippen LogP contribution in [-0.4, -0.2) is 11.3 Å². The highest BCUT2D eigenvalue weighted by atomic mass is 16.7. The van der Waals surface area contributed by atoms with Gasteiger partial charge in [0.15, 0.2) is 0 Å². The van der Waals surface area contributed by atoms with Gasteiger partial charge >= 0.3 is 0 Å². The van der Waals surface area contributed by atoms with E-state index in [-0.39, 0.29) is 5.60 Å². The zero-order valence-electron chi connectivity index (χ0n) is 11.5. The monoisotopic (exact) mass is 266 g/mol. The van der Waals surface area contributed by atoms with E-state index in [1.807, 2.05) is 30.3 Å². The summed E-state index contributed by atoms with van der Waals surface area (Å²) in [5.74, 6) is 0. The smallest absolute Gasteiger partial charge is 0.144 e. The molecule has 2 N–H and O–H groups in total. The van der Waals surface area contributed by atoms with Gasteiger partial charge in [-0.3, -0.25) is 0 Å². The van der Waals surface area contributed by atoms with Gasteiger partial charge in [0, 0.05) is 18.5 Å². The molecule has 1 aliphatic heterocycles. The van der Waals surface area contributed by atoms with Gasteiger partial charge in [0.2, 0.25) is 0 Å². The lowest BCUT2D eigenvalue weighted by Crippen LogP contribution is -2.27. The molecule has 2 aromatic rings. The standard InChI is InChI=1S/C17H18N2O/c1-17(11-13-5-3-2-4-6-13)12-16(19-20-17)14-7-9-15(18)10-8-14/h2-10H,11-12,18H2,1H3. The third-order valence-electron chi connectivity index (χ3n) is 3.58. The second-order valence-electron chi connectivity index (χ2n) is 5.54. The van der Waals surface area contributed by atoms with Gasteiger partial charge in [0.1, 0.15) is 5.60 Å². The normalized spacial score (nSPS) is 21.4. The highest BCUT2D eigenvalue weighted by molar-refractivity contribution is 6.01. The number of nitrogens with two attached hydrogens (primary N) is 1. The fourth-order valence-electron chi connectivity index (χ4n) is 2.54.